The summed E-state index contributed by atoms with van der Waals surface area (Å²) in [6, 6.07) is 9.75. The van der Waals surface area contributed by atoms with E-state index >= 15 is 0 Å². The fourth-order valence-corrected chi connectivity index (χ4v) is 2.53. The van der Waals surface area contributed by atoms with E-state index in [-0.39, 0.29) is 11.7 Å². The van der Waals surface area contributed by atoms with Gasteiger partial charge in [-0.25, -0.2) is 4.39 Å². The molecule has 1 heterocycles. The number of hydrogen-bond donors (Lipinski definition) is 1. The number of benzene rings is 1. The first-order chi connectivity index (χ1) is 9.54. The minimum Gasteiger partial charge on any atom is -0.481 e. The van der Waals surface area contributed by atoms with Crippen LogP contribution in [0.15, 0.2) is 36.4 Å². The molecule has 0 fully saturated rings. The first kappa shape index (κ1) is 14.5. The molecule has 1 N–H and O–H groups in total. The molecule has 0 spiro atoms. The number of aryl methyl sites for hydroxylation is 1. The summed E-state index contributed by atoms with van der Waals surface area (Å²) in [4.78, 5) is 14.2. The Morgan fingerprint density at radius 1 is 1.40 bits per heavy atom. The van der Waals surface area contributed by atoms with Crippen LogP contribution < -0.4 is 10.1 Å². The molecule has 2 aromatic rings. The van der Waals surface area contributed by atoms with Crippen molar-refractivity contribution in [2.45, 2.75) is 26.5 Å². The monoisotopic (exact) mass is 293 g/mol. The Balaban J connectivity index is 1.85. The van der Waals surface area contributed by atoms with Gasteiger partial charge in [-0.3, -0.25) is 4.79 Å². The van der Waals surface area contributed by atoms with Gasteiger partial charge in [0.1, 0.15) is 11.6 Å². The molecular weight excluding hydrogens is 277 g/mol. The highest BCUT2D eigenvalue weighted by Crippen LogP contribution is 2.15. The zero-order valence-electron chi connectivity index (χ0n) is 11.4. The SMILES string of the molecule is Cc1ccc(CNC(=O)C(C)Oc2cccc(F)c2)s1. The van der Waals surface area contributed by atoms with Gasteiger partial charge < -0.3 is 10.1 Å². The summed E-state index contributed by atoms with van der Waals surface area (Å²) >= 11 is 1.64. The molecule has 0 aliphatic heterocycles. The molecule has 0 saturated heterocycles. The van der Waals surface area contributed by atoms with E-state index in [0.717, 1.165) is 4.88 Å². The first-order valence-electron chi connectivity index (χ1n) is 6.30. The minimum absolute atomic E-state index is 0.222. The van der Waals surface area contributed by atoms with Gasteiger partial charge in [0, 0.05) is 15.8 Å². The van der Waals surface area contributed by atoms with Crippen molar-refractivity contribution in [3.63, 3.8) is 0 Å². The van der Waals surface area contributed by atoms with Gasteiger partial charge in [-0.2, -0.15) is 0 Å². The Morgan fingerprint density at radius 2 is 2.20 bits per heavy atom. The number of amides is 1. The van der Waals surface area contributed by atoms with Crippen LogP contribution in [0, 0.1) is 12.7 Å². The predicted molar refractivity (Wildman–Crippen MR) is 77.4 cm³/mol. The standard InChI is InChI=1S/C15H16FNO2S/c1-10-6-7-14(20-10)9-17-15(18)11(2)19-13-5-3-4-12(16)8-13/h3-8,11H,9H2,1-2H3,(H,17,18). The van der Waals surface area contributed by atoms with E-state index in [9.17, 15) is 9.18 Å². The van der Waals surface area contributed by atoms with Gasteiger partial charge in [-0.05, 0) is 38.1 Å². The number of hydrogen-bond acceptors (Lipinski definition) is 3. The molecule has 1 aromatic carbocycles. The normalized spacial score (nSPS) is 11.9. The summed E-state index contributed by atoms with van der Waals surface area (Å²) in [6.07, 6.45) is -0.669. The zero-order valence-corrected chi connectivity index (χ0v) is 12.2. The van der Waals surface area contributed by atoms with E-state index in [1.54, 1.807) is 30.4 Å². The van der Waals surface area contributed by atoms with Crippen molar-refractivity contribution in [1.29, 1.82) is 0 Å². The molecule has 3 nitrogen and oxygen atoms in total. The van der Waals surface area contributed by atoms with E-state index in [0.29, 0.717) is 12.3 Å². The highest BCUT2D eigenvalue weighted by molar-refractivity contribution is 7.11. The van der Waals surface area contributed by atoms with E-state index in [2.05, 4.69) is 5.32 Å². The Bertz CT molecular complexity index is 597. The number of carbonyl (C=O) groups is 1. The predicted octanol–water partition coefficient (Wildman–Crippen LogP) is 3.28. The summed E-state index contributed by atoms with van der Waals surface area (Å²) in [6.45, 7) is 4.14. The molecular formula is C15H16FNO2S. The van der Waals surface area contributed by atoms with Crippen molar-refractivity contribution in [2.24, 2.45) is 0 Å². The molecule has 0 aliphatic rings. The molecule has 1 amide bonds. The molecule has 1 atom stereocenters. The maximum Gasteiger partial charge on any atom is 0.261 e. The van der Waals surface area contributed by atoms with E-state index in [1.807, 2.05) is 19.1 Å². The third kappa shape index (κ3) is 4.06. The van der Waals surface area contributed by atoms with Gasteiger partial charge in [0.05, 0.1) is 6.54 Å². The van der Waals surface area contributed by atoms with Gasteiger partial charge in [0.15, 0.2) is 6.10 Å². The number of ether oxygens (including phenoxy) is 1. The third-order valence-corrected chi connectivity index (χ3v) is 3.71. The van der Waals surface area contributed by atoms with Gasteiger partial charge >= 0.3 is 0 Å². The van der Waals surface area contributed by atoms with E-state index in [1.165, 1.54) is 17.0 Å². The lowest BCUT2D eigenvalue weighted by Gasteiger charge is -2.14. The smallest absolute Gasteiger partial charge is 0.261 e. The zero-order chi connectivity index (χ0) is 14.5. The molecule has 1 aromatic heterocycles. The summed E-state index contributed by atoms with van der Waals surface area (Å²) in [5.74, 6) is -0.260. The summed E-state index contributed by atoms with van der Waals surface area (Å²) in [7, 11) is 0. The van der Waals surface area contributed by atoms with Gasteiger partial charge in [0.2, 0.25) is 0 Å². The van der Waals surface area contributed by atoms with Crippen molar-refractivity contribution in [3.05, 3.63) is 52.0 Å². The van der Waals surface area contributed by atoms with Crippen molar-refractivity contribution >= 4 is 17.2 Å². The van der Waals surface area contributed by atoms with Crippen molar-refractivity contribution in [1.82, 2.24) is 5.32 Å². The highest BCUT2D eigenvalue weighted by Gasteiger charge is 2.14. The largest absolute Gasteiger partial charge is 0.481 e. The van der Waals surface area contributed by atoms with Crippen molar-refractivity contribution < 1.29 is 13.9 Å². The fourth-order valence-electron chi connectivity index (χ4n) is 1.70. The van der Waals surface area contributed by atoms with Crippen LogP contribution in [-0.4, -0.2) is 12.0 Å². The maximum atomic E-state index is 13.0. The van der Waals surface area contributed by atoms with Crippen molar-refractivity contribution in [2.75, 3.05) is 0 Å². The van der Waals surface area contributed by atoms with Crippen LogP contribution in [0.5, 0.6) is 5.75 Å². The molecule has 0 aliphatic carbocycles. The van der Waals surface area contributed by atoms with Crippen molar-refractivity contribution in [3.8, 4) is 5.75 Å². The maximum absolute atomic E-state index is 13.0. The molecule has 0 saturated carbocycles. The number of halogens is 1. The number of nitrogens with one attached hydrogen (secondary N) is 1. The van der Waals surface area contributed by atoms with Crippen LogP contribution in [-0.2, 0) is 11.3 Å². The van der Waals surface area contributed by atoms with Crippen LogP contribution in [0.3, 0.4) is 0 Å². The van der Waals surface area contributed by atoms with E-state index < -0.39 is 6.10 Å². The van der Waals surface area contributed by atoms with Crippen LogP contribution in [0.2, 0.25) is 0 Å². The molecule has 2 rings (SSSR count). The van der Waals surface area contributed by atoms with Crippen LogP contribution in [0.25, 0.3) is 0 Å². The minimum atomic E-state index is -0.669. The second-order valence-electron chi connectivity index (χ2n) is 4.45. The molecule has 0 radical (unpaired) electrons. The lowest BCUT2D eigenvalue weighted by Crippen LogP contribution is -2.35. The lowest BCUT2D eigenvalue weighted by atomic mass is 10.3. The van der Waals surface area contributed by atoms with Crippen LogP contribution in [0.4, 0.5) is 4.39 Å². The third-order valence-electron chi connectivity index (χ3n) is 2.71. The summed E-state index contributed by atoms with van der Waals surface area (Å²) < 4.78 is 18.4. The molecule has 0 bridgehead atoms. The second kappa shape index (κ2) is 6.52. The molecule has 20 heavy (non-hydrogen) atoms. The number of rotatable bonds is 5. The van der Waals surface area contributed by atoms with Gasteiger partial charge in [-0.1, -0.05) is 6.07 Å². The average Bonchev–Trinajstić information content (AvgIpc) is 2.81. The van der Waals surface area contributed by atoms with Crippen LogP contribution in [0.1, 0.15) is 16.7 Å². The average molecular weight is 293 g/mol. The summed E-state index contributed by atoms with van der Waals surface area (Å²) in [5.41, 5.74) is 0. The Morgan fingerprint density at radius 3 is 2.85 bits per heavy atom. The highest BCUT2D eigenvalue weighted by atomic mass is 32.1. The van der Waals surface area contributed by atoms with E-state index in [4.69, 9.17) is 4.74 Å². The topological polar surface area (TPSA) is 38.3 Å². The Kier molecular flexibility index (Phi) is 4.74. The van der Waals surface area contributed by atoms with Gasteiger partial charge in [-0.15, -0.1) is 11.3 Å². The molecule has 1 unspecified atom stereocenters. The lowest BCUT2D eigenvalue weighted by molar-refractivity contribution is -0.127. The molecule has 106 valence electrons. The number of thiophene rings is 1. The number of carbonyl (C=O) groups excluding carboxylic acids is 1. The molecule has 5 heteroatoms. The Hall–Kier alpha value is -1.88. The first-order valence-corrected chi connectivity index (χ1v) is 7.11. The Labute approximate surface area is 121 Å². The van der Waals surface area contributed by atoms with Gasteiger partial charge in [0.25, 0.3) is 5.91 Å². The second-order valence-corrected chi connectivity index (χ2v) is 5.82. The quantitative estimate of drug-likeness (QED) is 0.918. The fraction of sp³-hybridized carbons (Fsp3) is 0.267. The van der Waals surface area contributed by atoms with Crippen LogP contribution >= 0.6 is 11.3 Å². The summed E-state index contributed by atoms with van der Waals surface area (Å²) in [5, 5.41) is 2.80.